The van der Waals surface area contributed by atoms with E-state index in [4.69, 9.17) is 4.74 Å². The lowest BCUT2D eigenvalue weighted by Crippen LogP contribution is -2.08. The maximum Gasteiger partial charge on any atom is 0.168 e. The van der Waals surface area contributed by atoms with Crippen molar-refractivity contribution in [3.63, 3.8) is 0 Å². The number of benzene rings is 1. The Balaban J connectivity index is 2.41. The van der Waals surface area contributed by atoms with Crippen molar-refractivity contribution in [2.24, 2.45) is 0 Å². The molecule has 14 heavy (non-hydrogen) atoms. The van der Waals surface area contributed by atoms with E-state index in [1.807, 2.05) is 24.3 Å². The minimum Gasteiger partial charge on any atom is -0.377 e. The van der Waals surface area contributed by atoms with Crippen LogP contribution in [0.5, 0.6) is 0 Å². The van der Waals surface area contributed by atoms with Crippen molar-refractivity contribution in [2.75, 3.05) is 19.5 Å². The van der Waals surface area contributed by atoms with E-state index >= 15 is 0 Å². The maximum atomic E-state index is 11.1. The summed E-state index contributed by atoms with van der Waals surface area (Å²) >= 11 is 4.90. The van der Waals surface area contributed by atoms with Crippen LogP contribution in [0.2, 0.25) is 0 Å². The first-order valence-electron chi connectivity index (χ1n) is 4.11. The van der Waals surface area contributed by atoms with Crippen LogP contribution in [-0.2, 0) is 9.53 Å². The van der Waals surface area contributed by atoms with Gasteiger partial charge in [-0.05, 0) is 18.2 Å². The number of Topliss-reactive ketones (excluding diaryl/α,β-unsaturated/α-hetero) is 1. The average Bonchev–Trinajstić information content (AvgIpc) is 2.15. The molecule has 4 heteroatoms. The Kier molecular flexibility index (Phi) is 5.22. The van der Waals surface area contributed by atoms with Gasteiger partial charge in [-0.25, -0.2) is 0 Å². The third kappa shape index (κ3) is 4.26. The van der Waals surface area contributed by atoms with Crippen LogP contribution >= 0.6 is 27.7 Å². The fourth-order valence-corrected chi connectivity index (χ4v) is 2.27. The largest absolute Gasteiger partial charge is 0.377 e. The van der Waals surface area contributed by atoms with Crippen molar-refractivity contribution in [1.29, 1.82) is 0 Å². The van der Waals surface area contributed by atoms with Gasteiger partial charge in [0.1, 0.15) is 6.61 Å². The SMILES string of the molecule is COCC(=O)CSc1cccc(Br)c1. The summed E-state index contributed by atoms with van der Waals surface area (Å²) in [6, 6.07) is 7.88. The quantitative estimate of drug-likeness (QED) is 0.773. The standard InChI is InChI=1S/C10H11BrO2S/c1-13-6-9(12)7-14-10-4-2-3-8(11)5-10/h2-5H,6-7H2,1H3. The lowest BCUT2D eigenvalue weighted by atomic mass is 10.4. The highest BCUT2D eigenvalue weighted by atomic mass is 79.9. The summed E-state index contributed by atoms with van der Waals surface area (Å²) in [4.78, 5) is 12.2. The molecule has 1 rings (SSSR count). The highest BCUT2D eigenvalue weighted by Crippen LogP contribution is 2.21. The van der Waals surface area contributed by atoms with Gasteiger partial charge in [0.15, 0.2) is 5.78 Å². The van der Waals surface area contributed by atoms with Gasteiger partial charge in [0.2, 0.25) is 0 Å². The molecule has 0 saturated heterocycles. The third-order valence-electron chi connectivity index (χ3n) is 1.50. The average molecular weight is 275 g/mol. The highest BCUT2D eigenvalue weighted by molar-refractivity contribution is 9.10. The van der Waals surface area contributed by atoms with Gasteiger partial charge in [-0.1, -0.05) is 22.0 Å². The summed E-state index contributed by atoms with van der Waals surface area (Å²) < 4.78 is 5.77. The number of ketones is 1. The molecule has 0 aliphatic heterocycles. The van der Waals surface area contributed by atoms with Crippen LogP contribution < -0.4 is 0 Å². The van der Waals surface area contributed by atoms with Crippen molar-refractivity contribution in [3.8, 4) is 0 Å². The number of ether oxygens (including phenoxy) is 1. The van der Waals surface area contributed by atoms with E-state index < -0.39 is 0 Å². The first-order valence-corrected chi connectivity index (χ1v) is 5.89. The second-order valence-corrected chi connectivity index (χ2v) is 4.68. The zero-order valence-electron chi connectivity index (χ0n) is 7.83. The van der Waals surface area contributed by atoms with Gasteiger partial charge in [-0.3, -0.25) is 4.79 Å². The summed E-state index contributed by atoms with van der Waals surface area (Å²) in [6.07, 6.45) is 0. The Bertz CT molecular complexity index is 315. The smallest absolute Gasteiger partial charge is 0.168 e. The third-order valence-corrected chi connectivity index (χ3v) is 3.05. The fourth-order valence-electron chi connectivity index (χ4n) is 0.923. The molecule has 1 aromatic rings. The van der Waals surface area contributed by atoms with Gasteiger partial charge in [0, 0.05) is 16.5 Å². The summed E-state index contributed by atoms with van der Waals surface area (Å²) in [5, 5.41) is 0. The van der Waals surface area contributed by atoms with Gasteiger partial charge in [0.25, 0.3) is 0 Å². The number of hydrogen-bond acceptors (Lipinski definition) is 3. The van der Waals surface area contributed by atoms with Crippen molar-refractivity contribution in [2.45, 2.75) is 4.90 Å². The molecule has 0 spiro atoms. The van der Waals surface area contributed by atoms with Gasteiger partial charge in [-0.2, -0.15) is 0 Å². The predicted molar refractivity (Wildman–Crippen MR) is 61.7 cm³/mol. The van der Waals surface area contributed by atoms with Gasteiger partial charge in [0.05, 0.1) is 5.75 Å². The van der Waals surface area contributed by atoms with Crippen molar-refractivity contribution in [3.05, 3.63) is 28.7 Å². The first kappa shape index (κ1) is 11.8. The normalized spacial score (nSPS) is 10.1. The molecule has 0 unspecified atom stereocenters. The highest BCUT2D eigenvalue weighted by Gasteiger charge is 2.02. The van der Waals surface area contributed by atoms with Crippen LogP contribution in [-0.4, -0.2) is 25.3 Å². The van der Waals surface area contributed by atoms with E-state index in [9.17, 15) is 4.79 Å². The molecule has 76 valence electrons. The second-order valence-electron chi connectivity index (χ2n) is 2.72. The molecule has 0 saturated carbocycles. The Morgan fingerprint density at radius 1 is 1.57 bits per heavy atom. The molecule has 1 aromatic carbocycles. The number of methoxy groups -OCH3 is 1. The Labute approximate surface area is 96.2 Å². The molecule has 0 bridgehead atoms. The van der Waals surface area contributed by atoms with E-state index in [2.05, 4.69) is 15.9 Å². The van der Waals surface area contributed by atoms with Crippen LogP contribution in [0, 0.1) is 0 Å². The summed E-state index contributed by atoms with van der Waals surface area (Å²) in [5.41, 5.74) is 0. The van der Waals surface area contributed by atoms with Crippen LogP contribution in [0.1, 0.15) is 0 Å². The van der Waals surface area contributed by atoms with E-state index in [0.717, 1.165) is 9.37 Å². The number of carbonyl (C=O) groups is 1. The summed E-state index contributed by atoms with van der Waals surface area (Å²) in [7, 11) is 1.53. The maximum absolute atomic E-state index is 11.1. The number of hydrogen-bond donors (Lipinski definition) is 0. The van der Waals surface area contributed by atoms with E-state index in [-0.39, 0.29) is 12.4 Å². The molecule has 0 fully saturated rings. The number of rotatable bonds is 5. The van der Waals surface area contributed by atoms with Crippen LogP contribution in [0.15, 0.2) is 33.6 Å². The van der Waals surface area contributed by atoms with Crippen LogP contribution in [0.4, 0.5) is 0 Å². The van der Waals surface area contributed by atoms with Crippen molar-refractivity contribution >= 4 is 33.5 Å². The molecule has 0 amide bonds. The lowest BCUT2D eigenvalue weighted by Gasteiger charge is -2.00. The van der Waals surface area contributed by atoms with Gasteiger partial charge < -0.3 is 4.74 Å². The Morgan fingerprint density at radius 3 is 3.00 bits per heavy atom. The van der Waals surface area contributed by atoms with Gasteiger partial charge >= 0.3 is 0 Å². The Hall–Kier alpha value is -0.320. The molecule has 0 aliphatic carbocycles. The molecule has 0 N–H and O–H groups in total. The van der Waals surface area contributed by atoms with Crippen LogP contribution in [0.25, 0.3) is 0 Å². The second kappa shape index (κ2) is 6.22. The van der Waals surface area contributed by atoms with E-state index in [1.54, 1.807) is 0 Å². The first-order chi connectivity index (χ1) is 6.72. The number of thioether (sulfide) groups is 1. The minimum absolute atomic E-state index is 0.109. The molecule has 0 aromatic heterocycles. The zero-order valence-corrected chi connectivity index (χ0v) is 10.2. The molecule has 0 aliphatic rings. The molecular formula is C10H11BrO2S. The lowest BCUT2D eigenvalue weighted by molar-refractivity contribution is -0.120. The van der Waals surface area contributed by atoms with Crippen molar-refractivity contribution in [1.82, 2.24) is 0 Å². The van der Waals surface area contributed by atoms with E-state index in [0.29, 0.717) is 5.75 Å². The Morgan fingerprint density at radius 2 is 2.36 bits per heavy atom. The number of carbonyl (C=O) groups excluding carboxylic acids is 1. The number of halogens is 1. The van der Waals surface area contributed by atoms with E-state index in [1.165, 1.54) is 18.9 Å². The predicted octanol–water partition coefficient (Wildman–Crippen LogP) is 2.76. The molecular weight excluding hydrogens is 264 g/mol. The molecule has 0 radical (unpaired) electrons. The topological polar surface area (TPSA) is 26.3 Å². The summed E-state index contributed by atoms with van der Waals surface area (Å²) in [5.74, 6) is 0.571. The van der Waals surface area contributed by atoms with Crippen LogP contribution in [0.3, 0.4) is 0 Å². The molecule has 2 nitrogen and oxygen atoms in total. The fraction of sp³-hybridized carbons (Fsp3) is 0.300. The molecule has 0 heterocycles. The zero-order chi connectivity index (χ0) is 10.4. The van der Waals surface area contributed by atoms with Crippen molar-refractivity contribution < 1.29 is 9.53 Å². The minimum atomic E-state index is 0.109. The van der Waals surface area contributed by atoms with Gasteiger partial charge in [-0.15, -0.1) is 11.8 Å². The monoisotopic (exact) mass is 274 g/mol. The molecule has 0 atom stereocenters. The summed E-state index contributed by atoms with van der Waals surface area (Å²) in [6.45, 7) is 0.195.